The van der Waals surface area contributed by atoms with Crippen LogP contribution in [-0.4, -0.2) is 71.3 Å². The number of hydrogen-bond donors (Lipinski definition) is 1. The van der Waals surface area contributed by atoms with Gasteiger partial charge in [0.15, 0.2) is 5.01 Å². The van der Waals surface area contributed by atoms with E-state index in [2.05, 4.69) is 25.5 Å². The van der Waals surface area contributed by atoms with E-state index in [-0.39, 0.29) is 17.5 Å². The number of anilines is 3. The van der Waals surface area contributed by atoms with Gasteiger partial charge in [0.1, 0.15) is 28.0 Å². The van der Waals surface area contributed by atoms with E-state index in [4.69, 9.17) is 4.74 Å². The van der Waals surface area contributed by atoms with E-state index in [0.29, 0.717) is 44.9 Å². The largest absolute Gasteiger partial charge is 0.494 e. The number of benzene rings is 2. The van der Waals surface area contributed by atoms with Crippen LogP contribution in [-0.2, 0) is 0 Å². The summed E-state index contributed by atoms with van der Waals surface area (Å²) in [4.78, 5) is 24.0. The summed E-state index contributed by atoms with van der Waals surface area (Å²) in [7, 11) is 7.17. The molecule has 0 radical (unpaired) electrons. The number of likely N-dealkylation sites (N-methyl/N-ethyl adjacent to an activating group) is 2. The fourth-order valence-electron chi connectivity index (χ4n) is 3.71. The van der Waals surface area contributed by atoms with Crippen LogP contribution in [0, 0.1) is 22.9 Å². The Morgan fingerprint density at radius 1 is 1.11 bits per heavy atom. The highest BCUT2D eigenvalue weighted by atomic mass is 32.1. The molecule has 2 aromatic heterocycles. The molecule has 0 bridgehead atoms. The number of aryl methyl sites for hydroxylation is 1. The smallest absolute Gasteiger partial charge is 0.294 e. The molecule has 0 aliphatic rings. The number of hydrogen-bond acceptors (Lipinski definition) is 11. The van der Waals surface area contributed by atoms with E-state index in [9.17, 15) is 14.5 Å². The minimum Gasteiger partial charge on any atom is -0.494 e. The lowest BCUT2D eigenvalue weighted by molar-refractivity contribution is -0.384. The minimum atomic E-state index is -0.430. The number of halogens is 1. The number of nitrogens with one attached hydrogen (secondary N) is 1. The van der Waals surface area contributed by atoms with Gasteiger partial charge in [-0.2, -0.15) is 0 Å². The van der Waals surface area contributed by atoms with Crippen LogP contribution in [0.25, 0.3) is 21.3 Å². The van der Waals surface area contributed by atoms with Gasteiger partial charge < -0.3 is 19.9 Å². The molecule has 1 N–H and O–H groups in total. The zero-order valence-electron chi connectivity index (χ0n) is 21.6. The maximum Gasteiger partial charge on any atom is 0.294 e. The molecule has 0 saturated heterocycles. The summed E-state index contributed by atoms with van der Waals surface area (Å²) in [6.07, 6.45) is 1.54. The lowest BCUT2D eigenvalue weighted by Crippen LogP contribution is -2.28. The Morgan fingerprint density at radius 2 is 1.87 bits per heavy atom. The van der Waals surface area contributed by atoms with Crippen molar-refractivity contribution >= 4 is 34.3 Å². The molecular formula is C25H27FN8O3S. The maximum absolute atomic E-state index is 13.9. The second kappa shape index (κ2) is 11.4. The number of ether oxygens (including phenoxy) is 1. The van der Waals surface area contributed by atoms with Gasteiger partial charge in [0.05, 0.1) is 17.7 Å². The predicted molar refractivity (Wildman–Crippen MR) is 146 cm³/mol. The lowest BCUT2D eigenvalue weighted by atomic mass is 10.1. The van der Waals surface area contributed by atoms with Gasteiger partial charge in [-0.3, -0.25) is 10.1 Å². The van der Waals surface area contributed by atoms with Crippen molar-refractivity contribution in [1.82, 2.24) is 25.1 Å². The van der Waals surface area contributed by atoms with Crippen LogP contribution in [0.5, 0.6) is 5.75 Å². The topological polar surface area (TPSA) is 122 Å². The molecule has 2 aromatic carbocycles. The molecule has 198 valence electrons. The molecule has 38 heavy (non-hydrogen) atoms. The van der Waals surface area contributed by atoms with Crippen molar-refractivity contribution in [3.05, 3.63) is 64.1 Å². The Hall–Kier alpha value is -4.23. The Bertz CT molecular complexity index is 1440. The van der Waals surface area contributed by atoms with Gasteiger partial charge in [0.2, 0.25) is 5.95 Å². The second-order valence-corrected chi connectivity index (χ2v) is 9.82. The summed E-state index contributed by atoms with van der Waals surface area (Å²) in [5, 5.41) is 24.4. The van der Waals surface area contributed by atoms with Gasteiger partial charge in [0, 0.05) is 44.0 Å². The van der Waals surface area contributed by atoms with Crippen LogP contribution in [0.1, 0.15) is 5.56 Å². The summed E-state index contributed by atoms with van der Waals surface area (Å²) in [6, 6.07) is 9.39. The van der Waals surface area contributed by atoms with Crippen LogP contribution >= 0.6 is 11.3 Å². The SMILES string of the molecule is COc1cc(N(C)CCN(C)C)c([N+](=O)[O-])cc1Nc1nccc(-c2nnc(-c3cc(C)cc(F)c3)s2)n1. The fourth-order valence-corrected chi connectivity index (χ4v) is 4.51. The number of aromatic nitrogens is 4. The van der Waals surface area contributed by atoms with Gasteiger partial charge >= 0.3 is 0 Å². The maximum atomic E-state index is 13.9. The van der Waals surface area contributed by atoms with E-state index >= 15 is 0 Å². The fraction of sp³-hybridized carbons (Fsp3) is 0.280. The monoisotopic (exact) mass is 538 g/mol. The summed E-state index contributed by atoms with van der Waals surface area (Å²) in [5.41, 5.74) is 2.60. The molecule has 0 saturated carbocycles. The van der Waals surface area contributed by atoms with E-state index in [1.165, 1.54) is 36.6 Å². The van der Waals surface area contributed by atoms with Crippen molar-refractivity contribution in [3.63, 3.8) is 0 Å². The highest BCUT2D eigenvalue weighted by Gasteiger charge is 2.22. The first-order valence-electron chi connectivity index (χ1n) is 11.6. The minimum absolute atomic E-state index is 0.0788. The third-order valence-corrected chi connectivity index (χ3v) is 6.62. The molecule has 0 aliphatic carbocycles. The van der Waals surface area contributed by atoms with Crippen molar-refractivity contribution in [2.24, 2.45) is 0 Å². The second-order valence-electron chi connectivity index (χ2n) is 8.84. The van der Waals surface area contributed by atoms with Gasteiger partial charge in [-0.05, 0) is 50.8 Å². The lowest BCUT2D eigenvalue weighted by Gasteiger charge is -2.22. The molecule has 0 atom stereocenters. The first kappa shape index (κ1) is 26.8. The molecule has 0 fully saturated rings. The van der Waals surface area contributed by atoms with Crippen molar-refractivity contribution < 1.29 is 14.1 Å². The van der Waals surface area contributed by atoms with Gasteiger partial charge in [0.25, 0.3) is 5.69 Å². The molecule has 4 aromatic rings. The van der Waals surface area contributed by atoms with Crippen LogP contribution in [0.2, 0.25) is 0 Å². The van der Waals surface area contributed by atoms with Gasteiger partial charge in [-0.15, -0.1) is 10.2 Å². The third kappa shape index (κ3) is 6.18. The first-order chi connectivity index (χ1) is 18.1. The van der Waals surface area contributed by atoms with Crippen molar-refractivity contribution in [2.75, 3.05) is 51.6 Å². The normalized spacial score (nSPS) is 11.0. The van der Waals surface area contributed by atoms with Crippen molar-refractivity contribution in [1.29, 1.82) is 0 Å². The van der Waals surface area contributed by atoms with Crippen LogP contribution in [0.15, 0.2) is 42.6 Å². The average molecular weight is 539 g/mol. The van der Waals surface area contributed by atoms with Gasteiger partial charge in [-0.25, -0.2) is 14.4 Å². The number of nitro groups is 1. The van der Waals surface area contributed by atoms with Crippen molar-refractivity contribution in [3.8, 4) is 27.0 Å². The summed E-state index contributed by atoms with van der Waals surface area (Å²) >= 11 is 1.27. The quantitative estimate of drug-likeness (QED) is 0.223. The highest BCUT2D eigenvalue weighted by Crippen LogP contribution is 2.39. The number of nitro benzene ring substituents is 1. The Balaban J connectivity index is 1.63. The average Bonchev–Trinajstić information content (AvgIpc) is 3.37. The molecule has 0 unspecified atom stereocenters. The number of nitrogens with zero attached hydrogens (tertiary/aromatic N) is 7. The standard InChI is InChI=1S/C25H27FN8O3S/c1-15-10-16(12-17(26)11-15)23-30-31-24(38-23)18-6-7-27-25(28-18)29-19-13-21(34(35)36)20(14-22(19)37-5)33(4)9-8-32(2)3/h6-7,10-14H,8-9H2,1-5H3,(H,27,28,29). The summed E-state index contributed by atoms with van der Waals surface area (Å²) in [6.45, 7) is 3.13. The Morgan fingerprint density at radius 3 is 2.55 bits per heavy atom. The molecule has 11 nitrogen and oxygen atoms in total. The van der Waals surface area contributed by atoms with E-state index in [1.54, 1.807) is 25.4 Å². The predicted octanol–water partition coefficient (Wildman–Crippen LogP) is 4.77. The molecule has 0 amide bonds. The highest BCUT2D eigenvalue weighted by molar-refractivity contribution is 7.17. The van der Waals surface area contributed by atoms with E-state index in [1.807, 2.05) is 36.9 Å². The van der Waals surface area contributed by atoms with Crippen LogP contribution in [0.4, 0.5) is 27.4 Å². The van der Waals surface area contributed by atoms with Crippen LogP contribution in [0.3, 0.4) is 0 Å². The Labute approximate surface area is 223 Å². The number of rotatable bonds is 10. The molecule has 2 heterocycles. The van der Waals surface area contributed by atoms with Crippen LogP contribution < -0.4 is 15.0 Å². The van der Waals surface area contributed by atoms with E-state index in [0.717, 1.165) is 12.1 Å². The zero-order valence-corrected chi connectivity index (χ0v) is 22.4. The molecule has 0 aliphatic heterocycles. The molecular weight excluding hydrogens is 511 g/mol. The zero-order chi connectivity index (χ0) is 27.4. The van der Waals surface area contributed by atoms with Gasteiger partial charge in [-0.1, -0.05) is 11.3 Å². The Kier molecular flexibility index (Phi) is 8.08. The molecule has 4 rings (SSSR count). The first-order valence-corrected chi connectivity index (χ1v) is 12.4. The van der Waals surface area contributed by atoms with E-state index < -0.39 is 4.92 Å². The molecule has 0 spiro atoms. The number of methoxy groups -OCH3 is 1. The summed E-state index contributed by atoms with van der Waals surface area (Å²) < 4.78 is 19.4. The molecule has 13 heteroatoms. The van der Waals surface area contributed by atoms with Crippen molar-refractivity contribution in [2.45, 2.75) is 6.92 Å². The summed E-state index contributed by atoms with van der Waals surface area (Å²) in [5.74, 6) is 0.251. The third-order valence-electron chi connectivity index (χ3n) is 5.62.